The van der Waals surface area contributed by atoms with Crippen LogP contribution in [0.4, 0.5) is 5.82 Å². The first kappa shape index (κ1) is 21.9. The molecule has 3 aromatic heterocycles. The van der Waals surface area contributed by atoms with Crippen molar-refractivity contribution in [3.63, 3.8) is 0 Å². The minimum Gasteiger partial charge on any atom is -0.801 e. The zero-order chi connectivity index (χ0) is 22.7. The van der Waals surface area contributed by atoms with Gasteiger partial charge in [0.1, 0.15) is 5.82 Å². The molecule has 0 saturated heterocycles. The lowest BCUT2D eigenvalue weighted by atomic mass is 10.0. The summed E-state index contributed by atoms with van der Waals surface area (Å²) in [6, 6.07) is 11.2. The molecule has 4 aromatic rings. The highest BCUT2D eigenvalue weighted by Crippen LogP contribution is 2.29. The molecule has 0 aliphatic rings. The fourth-order valence-electron chi connectivity index (χ4n) is 3.60. The molecule has 164 valence electrons. The zero-order valence-electron chi connectivity index (χ0n) is 17.5. The van der Waals surface area contributed by atoms with E-state index in [9.17, 15) is 15.0 Å². The summed E-state index contributed by atoms with van der Waals surface area (Å²) in [5.41, 5.74) is 4.77. The van der Waals surface area contributed by atoms with Crippen molar-refractivity contribution in [2.75, 3.05) is 5.32 Å². The zero-order valence-corrected chi connectivity index (χ0v) is 19.0. The molecule has 2 N–H and O–H groups in total. The summed E-state index contributed by atoms with van der Waals surface area (Å²) in [5, 5.41) is 28.4. The van der Waals surface area contributed by atoms with E-state index in [2.05, 4.69) is 26.3 Å². The van der Waals surface area contributed by atoms with Gasteiger partial charge in [0.15, 0.2) is 18.0 Å². The predicted molar refractivity (Wildman–Crippen MR) is 121 cm³/mol. The molecule has 0 saturated carbocycles. The molecule has 4 rings (SSSR count). The molecule has 0 bridgehead atoms. The van der Waals surface area contributed by atoms with E-state index in [-0.39, 0.29) is 13.2 Å². The fourth-order valence-corrected chi connectivity index (χ4v) is 4.01. The second-order valence-corrected chi connectivity index (χ2v) is 8.28. The molecular weight excluding hydrogens is 474 g/mol. The van der Waals surface area contributed by atoms with Crippen molar-refractivity contribution in [1.82, 2.24) is 14.6 Å². The Morgan fingerprint density at radius 3 is 2.88 bits per heavy atom. The van der Waals surface area contributed by atoms with Crippen molar-refractivity contribution >= 4 is 33.4 Å². The lowest BCUT2D eigenvalue weighted by Gasteiger charge is -2.13. The number of anilines is 1. The number of carboxylic acid groups (broad SMARTS) is 1. The number of fused-ring (bicyclic) bond motifs is 1. The summed E-state index contributed by atoms with van der Waals surface area (Å²) in [5.74, 6) is -0.176. The number of rotatable bonds is 8. The van der Waals surface area contributed by atoms with E-state index in [0.29, 0.717) is 17.8 Å². The van der Waals surface area contributed by atoms with Gasteiger partial charge in [-0.3, -0.25) is 4.79 Å². The van der Waals surface area contributed by atoms with Crippen LogP contribution in [0.1, 0.15) is 23.6 Å². The molecule has 8 nitrogen and oxygen atoms in total. The number of nitrogens with zero attached hydrogens (tertiary/aromatic N) is 4. The summed E-state index contributed by atoms with van der Waals surface area (Å²) in [6.07, 6.45) is 6.00. The van der Waals surface area contributed by atoms with Crippen molar-refractivity contribution in [2.24, 2.45) is 0 Å². The van der Waals surface area contributed by atoms with Crippen LogP contribution in [0.15, 0.2) is 59.5 Å². The van der Waals surface area contributed by atoms with E-state index >= 15 is 0 Å². The molecule has 1 aromatic carbocycles. The normalized spacial score (nSPS) is 11.1. The first-order valence-electron chi connectivity index (χ1n) is 10.2. The van der Waals surface area contributed by atoms with Crippen LogP contribution in [0.25, 0.3) is 16.9 Å². The number of aryl methyl sites for hydroxylation is 1. The first-order chi connectivity index (χ1) is 15.5. The molecule has 0 radical (unpaired) electrons. The molecule has 3 heterocycles. The predicted octanol–water partition coefficient (Wildman–Crippen LogP) is 2.57. The first-order valence-corrected chi connectivity index (χ1v) is 11.0. The Kier molecular flexibility index (Phi) is 6.48. The highest BCUT2D eigenvalue weighted by atomic mass is 79.9. The maximum atomic E-state index is 11.4. The van der Waals surface area contributed by atoms with Gasteiger partial charge in [0.25, 0.3) is 0 Å². The Bertz CT molecular complexity index is 1290. The molecule has 0 fully saturated rings. The molecular formula is C23H22BrN5O3. The van der Waals surface area contributed by atoms with Crippen molar-refractivity contribution in [1.29, 1.82) is 0 Å². The topological polar surface area (TPSA) is 106 Å². The van der Waals surface area contributed by atoms with E-state index < -0.39 is 5.97 Å². The Balaban J connectivity index is 1.79. The highest BCUT2D eigenvalue weighted by molar-refractivity contribution is 9.10. The third kappa shape index (κ3) is 4.63. The van der Waals surface area contributed by atoms with E-state index in [4.69, 9.17) is 4.98 Å². The summed E-state index contributed by atoms with van der Waals surface area (Å²) < 4.78 is 4.14. The molecule has 32 heavy (non-hydrogen) atoms. The molecule has 0 unspecified atom stereocenters. The van der Waals surface area contributed by atoms with Crippen LogP contribution in [0.5, 0.6) is 0 Å². The largest absolute Gasteiger partial charge is 0.801 e. The van der Waals surface area contributed by atoms with Crippen molar-refractivity contribution in [3.05, 3.63) is 76.2 Å². The average Bonchev–Trinajstić information content (AvgIpc) is 3.20. The van der Waals surface area contributed by atoms with Gasteiger partial charge in [-0.05, 0) is 30.2 Å². The van der Waals surface area contributed by atoms with E-state index in [1.165, 1.54) is 0 Å². The second-order valence-electron chi connectivity index (χ2n) is 7.37. The van der Waals surface area contributed by atoms with Gasteiger partial charge >= 0.3 is 5.97 Å². The van der Waals surface area contributed by atoms with Crippen LogP contribution in [0, 0.1) is 0 Å². The molecule has 0 aliphatic heterocycles. The van der Waals surface area contributed by atoms with Gasteiger partial charge in [0, 0.05) is 39.8 Å². The van der Waals surface area contributed by atoms with Gasteiger partial charge in [-0.15, -0.1) is 0 Å². The van der Waals surface area contributed by atoms with Crippen molar-refractivity contribution < 1.29 is 19.6 Å². The molecule has 9 heteroatoms. The lowest BCUT2D eigenvalue weighted by Crippen LogP contribution is -2.40. The molecule has 0 spiro atoms. The Hall–Kier alpha value is -3.30. The monoisotopic (exact) mass is 495 g/mol. The quantitative estimate of drug-likeness (QED) is 0.364. The summed E-state index contributed by atoms with van der Waals surface area (Å²) in [7, 11) is 0. The fraction of sp³-hybridized carbons (Fsp3) is 0.217. The second kappa shape index (κ2) is 9.46. The van der Waals surface area contributed by atoms with Crippen LogP contribution < -0.4 is 15.0 Å². The minimum absolute atomic E-state index is 0.108. The van der Waals surface area contributed by atoms with Crippen molar-refractivity contribution in [2.45, 2.75) is 33.0 Å². The molecule has 0 atom stereocenters. The lowest BCUT2D eigenvalue weighted by molar-refractivity contribution is -0.815. The number of aliphatic carboxylic acids is 1. The number of halogens is 1. The van der Waals surface area contributed by atoms with Crippen LogP contribution in [0.3, 0.4) is 0 Å². The average molecular weight is 496 g/mol. The smallest absolute Gasteiger partial charge is 0.307 e. The number of hydrogen-bond acceptors (Lipinski definition) is 5. The van der Waals surface area contributed by atoms with E-state index in [0.717, 1.165) is 39.0 Å². The van der Waals surface area contributed by atoms with Gasteiger partial charge in [-0.25, -0.2) is 9.55 Å². The van der Waals surface area contributed by atoms with Gasteiger partial charge in [0.2, 0.25) is 0 Å². The number of carbonyl (C=O) groups is 1. The van der Waals surface area contributed by atoms with E-state index in [1.54, 1.807) is 27.7 Å². The third-order valence-corrected chi connectivity index (χ3v) is 5.65. The van der Waals surface area contributed by atoms with Crippen molar-refractivity contribution in [3.8, 4) is 11.3 Å². The van der Waals surface area contributed by atoms with Crippen LogP contribution >= 0.6 is 15.9 Å². The summed E-state index contributed by atoms with van der Waals surface area (Å²) >= 11 is 3.43. The SMILES string of the molecule is CCc1cnn2c(NCc3ccc[n+](C[O-])c3)cc(-c3ccc(Br)cc3CC(=O)O)nc12. The maximum Gasteiger partial charge on any atom is 0.307 e. The number of pyridine rings is 1. The van der Waals surface area contributed by atoms with E-state index in [1.807, 2.05) is 43.3 Å². The number of benzene rings is 1. The van der Waals surface area contributed by atoms with Crippen LogP contribution in [-0.4, -0.2) is 25.7 Å². The summed E-state index contributed by atoms with van der Waals surface area (Å²) in [6.45, 7) is 2.19. The minimum atomic E-state index is -0.905. The number of carboxylic acids is 1. The number of hydrogen-bond donors (Lipinski definition) is 2. The van der Waals surface area contributed by atoms with Crippen LogP contribution in [0.2, 0.25) is 0 Å². The Morgan fingerprint density at radius 1 is 1.28 bits per heavy atom. The Labute approximate surface area is 193 Å². The Morgan fingerprint density at radius 2 is 2.12 bits per heavy atom. The van der Waals surface area contributed by atoms with Gasteiger partial charge in [-0.1, -0.05) is 28.9 Å². The number of nitrogens with one attached hydrogen (secondary N) is 1. The van der Waals surface area contributed by atoms with Gasteiger partial charge < -0.3 is 15.5 Å². The molecule has 0 aliphatic carbocycles. The summed E-state index contributed by atoms with van der Waals surface area (Å²) in [4.78, 5) is 16.3. The molecule has 0 amide bonds. The third-order valence-electron chi connectivity index (χ3n) is 5.15. The van der Waals surface area contributed by atoms with Gasteiger partial charge in [-0.2, -0.15) is 9.61 Å². The highest BCUT2D eigenvalue weighted by Gasteiger charge is 2.16. The standard InChI is InChI=1S/C23H22BrN5O3/c1-2-16-12-26-29-21(25-11-15-4-3-7-28(13-15)14-30)10-20(27-23(16)29)19-6-5-18(24)8-17(19)9-22(31)32/h3-8,10,12-13,25H,2,9,11,14H2,1H3,(H,31,32). The van der Waals surface area contributed by atoms with Crippen LogP contribution in [-0.2, 0) is 30.9 Å². The maximum absolute atomic E-state index is 11.4. The van der Waals surface area contributed by atoms with Gasteiger partial charge in [0.05, 0.1) is 25.0 Å². The number of aromatic nitrogens is 4.